The molecular weight excluding hydrogens is 429 g/mol. The van der Waals surface area contributed by atoms with Gasteiger partial charge in [0.2, 0.25) is 0 Å². The highest BCUT2D eigenvalue weighted by Crippen LogP contribution is 2.33. The Balaban J connectivity index is 1.45. The summed E-state index contributed by atoms with van der Waals surface area (Å²) < 4.78 is 21.7. The van der Waals surface area contributed by atoms with Crippen LogP contribution in [0.2, 0.25) is 0 Å². The Morgan fingerprint density at radius 2 is 2.12 bits per heavy atom. The molecule has 3 aromatic rings. The predicted octanol–water partition coefficient (Wildman–Crippen LogP) is 2.26. The van der Waals surface area contributed by atoms with Gasteiger partial charge in [0.25, 0.3) is 11.5 Å². The van der Waals surface area contributed by atoms with Gasteiger partial charge in [-0.2, -0.15) is 9.61 Å². The molecule has 0 saturated heterocycles. The number of hydrogen-bond acceptors (Lipinski definition) is 7. The second kappa shape index (κ2) is 8.47. The molecule has 0 aliphatic heterocycles. The largest absolute Gasteiger partial charge is 0.379 e. The fourth-order valence-corrected chi connectivity index (χ4v) is 4.31. The number of amides is 1. The van der Waals surface area contributed by atoms with Crippen LogP contribution in [0, 0.1) is 0 Å². The van der Waals surface area contributed by atoms with E-state index in [1.807, 2.05) is 0 Å². The van der Waals surface area contributed by atoms with E-state index in [-0.39, 0.29) is 29.7 Å². The fourth-order valence-electron chi connectivity index (χ4n) is 4.31. The summed E-state index contributed by atoms with van der Waals surface area (Å²) in [7, 11) is 3.37. The third-order valence-corrected chi connectivity index (χ3v) is 6.49. The molecule has 33 heavy (non-hydrogen) atoms. The minimum Gasteiger partial charge on any atom is -0.379 e. The first-order chi connectivity index (χ1) is 16.0. The van der Waals surface area contributed by atoms with Crippen molar-refractivity contribution >= 4 is 28.9 Å². The maximum absolute atomic E-state index is 13.3. The number of alkyl halides is 1. The van der Waals surface area contributed by atoms with Gasteiger partial charge in [-0.05, 0) is 37.8 Å². The van der Waals surface area contributed by atoms with Crippen molar-refractivity contribution in [3.8, 4) is 0 Å². The molecule has 174 valence electrons. The molecule has 3 N–H and O–H groups in total. The van der Waals surface area contributed by atoms with E-state index in [9.17, 15) is 14.0 Å². The number of nitrogens with one attached hydrogen (secondary N) is 3. The second-order valence-corrected chi connectivity index (χ2v) is 8.48. The SMILES string of the molecule is CNc1cc(Nc2cccn(C3CC(F)C3)c2=O)nc2c(C(=O)N[C@H]3CC[C@@H]3OC)cnn12. The summed E-state index contributed by atoms with van der Waals surface area (Å²) in [5.74, 6) is 0.693. The van der Waals surface area contributed by atoms with Crippen LogP contribution in [0.25, 0.3) is 5.65 Å². The lowest BCUT2D eigenvalue weighted by Gasteiger charge is -2.35. The number of carbonyl (C=O) groups is 1. The van der Waals surface area contributed by atoms with Crippen LogP contribution in [0.15, 0.2) is 35.4 Å². The van der Waals surface area contributed by atoms with Crippen LogP contribution in [0.1, 0.15) is 42.1 Å². The first-order valence-corrected chi connectivity index (χ1v) is 11.0. The molecule has 0 spiro atoms. The first-order valence-electron chi connectivity index (χ1n) is 11.0. The maximum atomic E-state index is 13.3. The minimum absolute atomic E-state index is 0.0115. The molecular formula is C22H26FN7O3. The number of carbonyl (C=O) groups excluding carboxylic acids is 1. The molecule has 10 nitrogen and oxygen atoms in total. The lowest BCUT2D eigenvalue weighted by atomic mass is 9.89. The van der Waals surface area contributed by atoms with E-state index >= 15 is 0 Å². The van der Waals surface area contributed by atoms with E-state index in [0.717, 1.165) is 12.8 Å². The Morgan fingerprint density at radius 3 is 2.79 bits per heavy atom. The standard InChI is InChI=1S/C22H26FN7O3/c1-24-19-10-18(26-16-4-3-7-29(22(16)32)13-8-12(23)9-13)28-20-14(11-25-30(19)20)21(31)27-15-5-6-17(15)33-2/h3-4,7,10-13,15,17,24H,5-6,8-9H2,1-2H3,(H,26,28)(H,27,31)/t12?,13?,15-,17-/m0/s1. The van der Waals surface area contributed by atoms with Crippen molar-refractivity contribution in [1.29, 1.82) is 0 Å². The summed E-state index contributed by atoms with van der Waals surface area (Å²) in [4.78, 5) is 30.4. The number of rotatable bonds is 7. The van der Waals surface area contributed by atoms with Crippen molar-refractivity contribution in [1.82, 2.24) is 24.5 Å². The van der Waals surface area contributed by atoms with Gasteiger partial charge in [0, 0.05) is 32.5 Å². The Labute approximate surface area is 189 Å². The van der Waals surface area contributed by atoms with E-state index in [2.05, 4.69) is 26.0 Å². The van der Waals surface area contributed by atoms with E-state index in [1.165, 1.54) is 10.7 Å². The Hall–Kier alpha value is -3.47. The molecule has 2 aliphatic rings. The normalized spacial score (nSPS) is 24.1. The van der Waals surface area contributed by atoms with Crippen LogP contribution in [0.3, 0.4) is 0 Å². The van der Waals surface area contributed by atoms with Crippen molar-refractivity contribution in [2.45, 2.75) is 50.0 Å². The summed E-state index contributed by atoms with van der Waals surface area (Å²) in [5.41, 5.74) is 0.752. The quantitative estimate of drug-likeness (QED) is 0.501. The molecule has 3 heterocycles. The van der Waals surface area contributed by atoms with Crippen LogP contribution in [-0.4, -0.2) is 57.5 Å². The number of halogens is 1. The third kappa shape index (κ3) is 3.82. The Morgan fingerprint density at radius 1 is 1.30 bits per heavy atom. The van der Waals surface area contributed by atoms with Gasteiger partial charge < -0.3 is 25.3 Å². The van der Waals surface area contributed by atoms with E-state index in [1.54, 1.807) is 43.1 Å². The molecule has 2 fully saturated rings. The Bertz CT molecular complexity index is 1250. The molecule has 3 aromatic heterocycles. The van der Waals surface area contributed by atoms with Gasteiger partial charge in [0.15, 0.2) is 5.65 Å². The number of nitrogens with zero attached hydrogens (tertiary/aromatic N) is 4. The lowest BCUT2D eigenvalue weighted by Crippen LogP contribution is -2.51. The highest BCUT2D eigenvalue weighted by molar-refractivity contribution is 6.00. The number of anilines is 3. The third-order valence-electron chi connectivity index (χ3n) is 6.49. The van der Waals surface area contributed by atoms with Gasteiger partial charge in [-0.3, -0.25) is 9.59 Å². The van der Waals surface area contributed by atoms with Crippen molar-refractivity contribution in [2.24, 2.45) is 0 Å². The van der Waals surface area contributed by atoms with Gasteiger partial charge in [-0.1, -0.05) is 0 Å². The van der Waals surface area contributed by atoms with Crippen molar-refractivity contribution in [2.75, 3.05) is 24.8 Å². The van der Waals surface area contributed by atoms with Gasteiger partial charge in [-0.15, -0.1) is 0 Å². The van der Waals surface area contributed by atoms with Gasteiger partial charge in [-0.25, -0.2) is 9.37 Å². The fraction of sp³-hybridized carbons (Fsp3) is 0.455. The summed E-state index contributed by atoms with van der Waals surface area (Å²) >= 11 is 0. The van der Waals surface area contributed by atoms with E-state index in [0.29, 0.717) is 41.4 Å². The highest BCUT2D eigenvalue weighted by Gasteiger charge is 2.33. The molecule has 0 aromatic carbocycles. The summed E-state index contributed by atoms with van der Waals surface area (Å²) in [6, 6.07) is 4.92. The number of methoxy groups -OCH3 is 1. The number of hydrogen-bond donors (Lipinski definition) is 3. The smallest absolute Gasteiger partial charge is 0.274 e. The first kappa shape index (κ1) is 21.4. The van der Waals surface area contributed by atoms with Crippen LogP contribution in [0.5, 0.6) is 0 Å². The topological polar surface area (TPSA) is 115 Å². The highest BCUT2D eigenvalue weighted by atomic mass is 19.1. The zero-order valence-electron chi connectivity index (χ0n) is 18.4. The Kier molecular flexibility index (Phi) is 5.49. The van der Waals surface area contributed by atoms with Gasteiger partial charge in [0.05, 0.1) is 18.3 Å². The molecule has 0 unspecified atom stereocenters. The molecule has 5 rings (SSSR count). The van der Waals surface area contributed by atoms with Crippen LogP contribution >= 0.6 is 0 Å². The summed E-state index contributed by atoms with van der Waals surface area (Å²) in [6.07, 6.45) is 4.76. The van der Waals surface area contributed by atoms with Crippen LogP contribution < -0.4 is 21.5 Å². The number of pyridine rings is 1. The molecule has 0 bridgehead atoms. The van der Waals surface area contributed by atoms with E-state index < -0.39 is 6.17 Å². The molecule has 2 saturated carbocycles. The summed E-state index contributed by atoms with van der Waals surface area (Å²) in [5, 5.41) is 13.4. The minimum atomic E-state index is -0.855. The second-order valence-electron chi connectivity index (χ2n) is 8.48. The summed E-state index contributed by atoms with van der Waals surface area (Å²) in [6.45, 7) is 0. The zero-order valence-corrected chi connectivity index (χ0v) is 18.4. The maximum Gasteiger partial charge on any atom is 0.274 e. The molecule has 1 amide bonds. The van der Waals surface area contributed by atoms with Crippen molar-refractivity contribution in [3.63, 3.8) is 0 Å². The van der Waals surface area contributed by atoms with Crippen LogP contribution in [0.4, 0.5) is 21.7 Å². The van der Waals surface area contributed by atoms with Crippen molar-refractivity contribution in [3.05, 3.63) is 46.5 Å². The van der Waals surface area contributed by atoms with Gasteiger partial charge in [0.1, 0.15) is 29.1 Å². The average molecular weight is 455 g/mol. The van der Waals surface area contributed by atoms with Gasteiger partial charge >= 0.3 is 0 Å². The van der Waals surface area contributed by atoms with Crippen LogP contribution in [-0.2, 0) is 4.74 Å². The number of fused-ring (bicyclic) bond motifs is 1. The van der Waals surface area contributed by atoms with E-state index in [4.69, 9.17) is 4.74 Å². The predicted molar refractivity (Wildman–Crippen MR) is 121 cm³/mol. The number of ether oxygens (including phenoxy) is 1. The zero-order chi connectivity index (χ0) is 23.1. The van der Waals surface area contributed by atoms with Crippen molar-refractivity contribution < 1.29 is 13.9 Å². The monoisotopic (exact) mass is 455 g/mol. The molecule has 2 aliphatic carbocycles. The lowest BCUT2D eigenvalue weighted by molar-refractivity contribution is 0.00732. The number of aromatic nitrogens is 4. The average Bonchev–Trinajstić information content (AvgIpc) is 3.20. The molecule has 11 heteroatoms. The molecule has 0 radical (unpaired) electrons. The molecule has 2 atom stereocenters.